The van der Waals surface area contributed by atoms with Crippen molar-refractivity contribution in [2.24, 2.45) is 5.92 Å². The normalized spacial score (nSPS) is 36.1. The van der Waals surface area contributed by atoms with Crippen LogP contribution >= 0.6 is 0 Å². The van der Waals surface area contributed by atoms with Gasteiger partial charge in [-0.2, -0.15) is 0 Å². The third-order valence-electron chi connectivity index (χ3n) is 5.86. The molecule has 2 aliphatic heterocycles. The zero-order chi connectivity index (χ0) is 13.8. The first-order valence-electron chi connectivity index (χ1n) is 9.06. The molecule has 2 heterocycles. The quantitative estimate of drug-likeness (QED) is 0.833. The Morgan fingerprint density at radius 3 is 2.85 bits per heavy atom. The predicted molar refractivity (Wildman–Crippen MR) is 85.1 cm³/mol. The Balaban J connectivity index is 1.42. The van der Waals surface area contributed by atoms with Crippen LogP contribution in [-0.4, -0.2) is 61.2 Å². The Hall–Kier alpha value is -0.120. The highest BCUT2D eigenvalue weighted by Crippen LogP contribution is 2.29. The average molecular weight is 279 g/mol. The molecule has 3 unspecified atom stereocenters. The minimum atomic E-state index is 0.816. The molecule has 0 amide bonds. The molecule has 3 heteroatoms. The van der Waals surface area contributed by atoms with Crippen LogP contribution < -0.4 is 5.32 Å². The minimum Gasteiger partial charge on any atom is -0.314 e. The van der Waals surface area contributed by atoms with Crippen LogP contribution in [0.1, 0.15) is 51.9 Å². The molecular formula is C17H33N3. The van der Waals surface area contributed by atoms with E-state index in [2.05, 4.69) is 22.0 Å². The van der Waals surface area contributed by atoms with Crippen molar-refractivity contribution < 1.29 is 0 Å². The maximum absolute atomic E-state index is 3.70. The van der Waals surface area contributed by atoms with Crippen LogP contribution in [-0.2, 0) is 0 Å². The topological polar surface area (TPSA) is 18.5 Å². The summed E-state index contributed by atoms with van der Waals surface area (Å²) in [5.74, 6) is 0.944. The smallest absolute Gasteiger partial charge is 0.0223 e. The third-order valence-corrected chi connectivity index (χ3v) is 5.86. The fourth-order valence-electron chi connectivity index (χ4n) is 4.69. The molecule has 3 atom stereocenters. The number of piperidine rings is 1. The molecule has 1 saturated carbocycles. The summed E-state index contributed by atoms with van der Waals surface area (Å²) in [6.45, 7) is 10.1. The Kier molecular flexibility index (Phi) is 5.36. The van der Waals surface area contributed by atoms with Crippen molar-refractivity contribution in [3.63, 3.8) is 0 Å². The number of hydrogen-bond acceptors (Lipinski definition) is 3. The number of hydrogen-bond donors (Lipinski definition) is 1. The third kappa shape index (κ3) is 3.55. The van der Waals surface area contributed by atoms with Gasteiger partial charge >= 0.3 is 0 Å². The molecule has 2 saturated heterocycles. The monoisotopic (exact) mass is 279 g/mol. The summed E-state index contributed by atoms with van der Waals surface area (Å²) in [7, 11) is 0. The van der Waals surface area contributed by atoms with Crippen LogP contribution in [0, 0.1) is 5.92 Å². The van der Waals surface area contributed by atoms with Crippen molar-refractivity contribution in [2.45, 2.75) is 64.0 Å². The first kappa shape index (κ1) is 14.8. The van der Waals surface area contributed by atoms with Crippen LogP contribution in [0.15, 0.2) is 0 Å². The largest absolute Gasteiger partial charge is 0.314 e. The highest BCUT2D eigenvalue weighted by Gasteiger charge is 2.30. The van der Waals surface area contributed by atoms with Crippen molar-refractivity contribution in [1.29, 1.82) is 0 Å². The lowest BCUT2D eigenvalue weighted by Crippen LogP contribution is -2.55. The highest BCUT2D eigenvalue weighted by atomic mass is 15.3. The fraction of sp³-hybridized carbons (Fsp3) is 1.00. The summed E-state index contributed by atoms with van der Waals surface area (Å²) in [5.41, 5.74) is 0. The molecule has 0 aromatic rings. The molecule has 0 spiro atoms. The zero-order valence-electron chi connectivity index (χ0n) is 13.3. The molecule has 0 bridgehead atoms. The zero-order valence-corrected chi connectivity index (χ0v) is 13.3. The first-order valence-corrected chi connectivity index (χ1v) is 9.06. The van der Waals surface area contributed by atoms with Gasteiger partial charge in [-0.05, 0) is 57.7 Å². The molecule has 20 heavy (non-hydrogen) atoms. The van der Waals surface area contributed by atoms with E-state index in [1.54, 1.807) is 0 Å². The average Bonchev–Trinajstić information content (AvgIpc) is 2.93. The van der Waals surface area contributed by atoms with E-state index in [1.807, 2.05) is 0 Å². The van der Waals surface area contributed by atoms with E-state index in [0.29, 0.717) is 0 Å². The Bertz CT molecular complexity index is 294. The van der Waals surface area contributed by atoms with Crippen molar-refractivity contribution in [1.82, 2.24) is 15.1 Å². The van der Waals surface area contributed by atoms with Gasteiger partial charge < -0.3 is 10.2 Å². The summed E-state index contributed by atoms with van der Waals surface area (Å²) in [5, 5.41) is 3.70. The van der Waals surface area contributed by atoms with Gasteiger partial charge in [0, 0.05) is 31.7 Å². The van der Waals surface area contributed by atoms with Crippen LogP contribution in [0.4, 0.5) is 0 Å². The predicted octanol–water partition coefficient (Wildman–Crippen LogP) is 2.32. The van der Waals surface area contributed by atoms with Gasteiger partial charge in [-0.1, -0.05) is 19.8 Å². The highest BCUT2D eigenvalue weighted by molar-refractivity contribution is 4.87. The molecular weight excluding hydrogens is 246 g/mol. The summed E-state index contributed by atoms with van der Waals surface area (Å²) in [6, 6.07) is 1.70. The SMILES string of the molecule is CCNC1CCCC1CCN1CCN2CCCCC2C1. The van der Waals surface area contributed by atoms with Crippen molar-refractivity contribution in [2.75, 3.05) is 39.3 Å². The Labute approximate surface area is 125 Å². The van der Waals surface area contributed by atoms with Gasteiger partial charge in [-0.15, -0.1) is 0 Å². The lowest BCUT2D eigenvalue weighted by atomic mass is 9.97. The van der Waals surface area contributed by atoms with Gasteiger partial charge in [0.2, 0.25) is 0 Å². The van der Waals surface area contributed by atoms with Crippen LogP contribution in [0.25, 0.3) is 0 Å². The summed E-state index contributed by atoms with van der Waals surface area (Å²) in [4.78, 5) is 5.50. The molecule has 116 valence electrons. The van der Waals surface area contributed by atoms with Gasteiger partial charge in [0.05, 0.1) is 0 Å². The van der Waals surface area contributed by atoms with E-state index in [-0.39, 0.29) is 0 Å². The van der Waals surface area contributed by atoms with Crippen LogP contribution in [0.2, 0.25) is 0 Å². The summed E-state index contributed by atoms with van der Waals surface area (Å²) in [6.07, 6.45) is 10.1. The van der Waals surface area contributed by atoms with Gasteiger partial charge in [0.1, 0.15) is 0 Å². The standard InChI is InChI=1S/C17H33N3/c1-2-18-17-8-5-6-15(17)9-11-19-12-13-20-10-4-3-7-16(20)14-19/h15-18H,2-14H2,1H3. The molecule has 0 aromatic carbocycles. The first-order chi connectivity index (χ1) is 9.86. The molecule has 3 rings (SSSR count). The maximum Gasteiger partial charge on any atom is 0.0223 e. The maximum atomic E-state index is 3.70. The number of nitrogens with one attached hydrogen (secondary N) is 1. The molecule has 3 nitrogen and oxygen atoms in total. The van der Waals surface area contributed by atoms with Crippen molar-refractivity contribution in [3.8, 4) is 0 Å². The number of nitrogens with zero attached hydrogens (tertiary/aromatic N) is 2. The fourth-order valence-corrected chi connectivity index (χ4v) is 4.69. The van der Waals surface area contributed by atoms with E-state index >= 15 is 0 Å². The van der Waals surface area contributed by atoms with E-state index in [1.165, 1.54) is 77.7 Å². The van der Waals surface area contributed by atoms with Gasteiger partial charge in [0.15, 0.2) is 0 Å². The molecule has 3 aliphatic rings. The molecule has 0 radical (unpaired) electrons. The second-order valence-corrected chi connectivity index (χ2v) is 7.13. The van der Waals surface area contributed by atoms with Crippen molar-refractivity contribution in [3.05, 3.63) is 0 Å². The van der Waals surface area contributed by atoms with E-state index in [9.17, 15) is 0 Å². The number of piperazine rings is 1. The molecule has 1 N–H and O–H groups in total. The second-order valence-electron chi connectivity index (χ2n) is 7.13. The molecule has 1 aliphatic carbocycles. The van der Waals surface area contributed by atoms with E-state index in [4.69, 9.17) is 0 Å². The number of rotatable bonds is 5. The lowest BCUT2D eigenvalue weighted by molar-refractivity contribution is 0.0463. The van der Waals surface area contributed by atoms with E-state index < -0.39 is 0 Å². The second kappa shape index (κ2) is 7.24. The molecule has 0 aromatic heterocycles. The Morgan fingerprint density at radius 2 is 1.95 bits per heavy atom. The summed E-state index contributed by atoms with van der Waals surface area (Å²) >= 11 is 0. The minimum absolute atomic E-state index is 0.816. The number of fused-ring (bicyclic) bond motifs is 1. The van der Waals surface area contributed by atoms with Gasteiger partial charge in [-0.25, -0.2) is 0 Å². The van der Waals surface area contributed by atoms with Gasteiger partial charge in [0.25, 0.3) is 0 Å². The van der Waals surface area contributed by atoms with E-state index in [0.717, 1.165) is 24.5 Å². The van der Waals surface area contributed by atoms with Gasteiger partial charge in [-0.3, -0.25) is 4.90 Å². The van der Waals surface area contributed by atoms with Crippen LogP contribution in [0.5, 0.6) is 0 Å². The summed E-state index contributed by atoms with van der Waals surface area (Å²) < 4.78 is 0. The van der Waals surface area contributed by atoms with Crippen LogP contribution in [0.3, 0.4) is 0 Å². The Morgan fingerprint density at radius 1 is 1.00 bits per heavy atom. The van der Waals surface area contributed by atoms with Crippen molar-refractivity contribution >= 4 is 0 Å². The lowest BCUT2D eigenvalue weighted by Gasteiger charge is -2.44. The molecule has 3 fully saturated rings.